The number of amides is 2. The number of likely N-dealkylation sites (N-methyl/N-ethyl adjacent to an activating group) is 1. The fourth-order valence-electron chi connectivity index (χ4n) is 1.83. The topological polar surface area (TPSA) is 35.6 Å². The minimum atomic E-state index is 0.0342. The lowest BCUT2D eigenvalue weighted by molar-refractivity contribution is 0.0870. The largest absolute Gasteiger partial charge is 0.334 e. The summed E-state index contributed by atoms with van der Waals surface area (Å²) in [5.41, 5.74) is 1.13. The first kappa shape index (κ1) is 11.9. The molecule has 2 amide bonds. The van der Waals surface area contributed by atoms with Gasteiger partial charge in [0.25, 0.3) is 0 Å². The van der Waals surface area contributed by atoms with Crippen LogP contribution in [-0.2, 0) is 6.54 Å². The lowest BCUT2D eigenvalue weighted by Gasteiger charge is -2.42. The normalized spacial score (nSPS) is 15.8. The molecule has 0 aliphatic carbocycles. The van der Waals surface area contributed by atoms with Crippen LogP contribution in [0.1, 0.15) is 5.56 Å². The van der Waals surface area contributed by atoms with Crippen molar-refractivity contribution in [2.24, 2.45) is 0 Å². The minimum Gasteiger partial charge on any atom is -0.334 e. The van der Waals surface area contributed by atoms with Gasteiger partial charge in [-0.15, -0.1) is 0 Å². The molecule has 1 aromatic rings. The van der Waals surface area contributed by atoms with Gasteiger partial charge in [0.15, 0.2) is 0 Å². The van der Waals surface area contributed by atoms with Crippen molar-refractivity contribution in [3.63, 3.8) is 0 Å². The summed E-state index contributed by atoms with van der Waals surface area (Å²) in [5, 5.41) is 2.93. The van der Waals surface area contributed by atoms with E-state index in [0.717, 1.165) is 18.7 Å². The van der Waals surface area contributed by atoms with Crippen LogP contribution in [-0.4, -0.2) is 49.1 Å². The first-order valence-electron chi connectivity index (χ1n) is 5.90. The number of hydrogen-bond acceptors (Lipinski definition) is 2. The lowest BCUT2D eigenvalue weighted by atomic mass is 10.1. The highest BCUT2D eigenvalue weighted by Crippen LogP contribution is 2.12. The molecule has 4 nitrogen and oxygen atoms in total. The van der Waals surface area contributed by atoms with Crippen LogP contribution in [0.2, 0.25) is 0 Å². The van der Waals surface area contributed by atoms with Gasteiger partial charge in [-0.2, -0.15) is 0 Å². The highest BCUT2D eigenvalue weighted by molar-refractivity contribution is 5.75. The maximum atomic E-state index is 11.8. The number of carbonyl (C=O) groups excluding carboxylic acids is 1. The third-order valence-corrected chi connectivity index (χ3v) is 3.17. The van der Waals surface area contributed by atoms with Crippen molar-refractivity contribution in [1.82, 2.24) is 15.1 Å². The number of nitrogens with zero attached hydrogens (tertiary/aromatic N) is 2. The molecule has 4 heteroatoms. The van der Waals surface area contributed by atoms with Crippen molar-refractivity contribution in [2.75, 3.05) is 27.2 Å². The van der Waals surface area contributed by atoms with Crippen molar-refractivity contribution >= 4 is 6.03 Å². The van der Waals surface area contributed by atoms with Gasteiger partial charge < -0.3 is 15.1 Å². The molecular weight excluding hydrogens is 214 g/mol. The Balaban J connectivity index is 1.73. The Morgan fingerprint density at radius 3 is 2.59 bits per heavy atom. The van der Waals surface area contributed by atoms with E-state index in [4.69, 9.17) is 0 Å². The first-order valence-corrected chi connectivity index (χ1v) is 5.90. The lowest BCUT2D eigenvalue weighted by Crippen LogP contribution is -2.61. The van der Waals surface area contributed by atoms with E-state index in [1.807, 2.05) is 49.3 Å². The van der Waals surface area contributed by atoms with E-state index in [2.05, 4.69) is 10.2 Å². The molecule has 1 heterocycles. The van der Waals surface area contributed by atoms with Crippen LogP contribution in [0.5, 0.6) is 0 Å². The standard InChI is InChI=1S/C13H19N3O/c1-15(2)12-9-16(10-12)13(17)14-8-11-6-4-3-5-7-11/h3-7,12H,8-10H2,1-2H3,(H,14,17). The summed E-state index contributed by atoms with van der Waals surface area (Å²) in [4.78, 5) is 15.8. The van der Waals surface area contributed by atoms with Gasteiger partial charge in [0, 0.05) is 25.7 Å². The Bertz CT molecular complexity index is 372. The molecule has 1 aliphatic heterocycles. The zero-order chi connectivity index (χ0) is 12.3. The molecule has 0 aromatic heterocycles. The Morgan fingerprint density at radius 2 is 2.00 bits per heavy atom. The van der Waals surface area contributed by atoms with Gasteiger partial charge in [-0.3, -0.25) is 0 Å². The SMILES string of the molecule is CN(C)C1CN(C(=O)NCc2ccccc2)C1. The van der Waals surface area contributed by atoms with Crippen LogP contribution in [0.3, 0.4) is 0 Å². The maximum Gasteiger partial charge on any atom is 0.317 e. The third-order valence-electron chi connectivity index (χ3n) is 3.17. The molecule has 2 rings (SSSR count). The Morgan fingerprint density at radius 1 is 1.35 bits per heavy atom. The highest BCUT2D eigenvalue weighted by atomic mass is 16.2. The predicted molar refractivity (Wildman–Crippen MR) is 67.7 cm³/mol. The summed E-state index contributed by atoms with van der Waals surface area (Å²) < 4.78 is 0. The smallest absolute Gasteiger partial charge is 0.317 e. The summed E-state index contributed by atoms with van der Waals surface area (Å²) in [6, 6.07) is 10.5. The summed E-state index contributed by atoms with van der Waals surface area (Å²) in [6.45, 7) is 2.25. The molecule has 17 heavy (non-hydrogen) atoms. The van der Waals surface area contributed by atoms with Gasteiger partial charge in [-0.05, 0) is 19.7 Å². The van der Waals surface area contributed by atoms with Gasteiger partial charge in [0.05, 0.1) is 0 Å². The number of rotatable bonds is 3. The van der Waals surface area contributed by atoms with Crippen LogP contribution < -0.4 is 5.32 Å². The number of nitrogens with one attached hydrogen (secondary N) is 1. The van der Waals surface area contributed by atoms with Crippen LogP contribution in [0.15, 0.2) is 30.3 Å². The summed E-state index contributed by atoms with van der Waals surface area (Å²) in [7, 11) is 4.09. The fraction of sp³-hybridized carbons (Fsp3) is 0.462. The Kier molecular flexibility index (Phi) is 3.64. The van der Waals surface area contributed by atoms with E-state index in [0.29, 0.717) is 12.6 Å². The molecule has 92 valence electrons. The Hall–Kier alpha value is -1.55. The second-order valence-corrected chi connectivity index (χ2v) is 4.67. The van der Waals surface area contributed by atoms with Crippen LogP contribution in [0.4, 0.5) is 4.79 Å². The molecule has 1 N–H and O–H groups in total. The fourth-order valence-corrected chi connectivity index (χ4v) is 1.83. The Labute approximate surface area is 102 Å². The van der Waals surface area contributed by atoms with Gasteiger partial charge in [-0.25, -0.2) is 4.79 Å². The molecule has 0 bridgehead atoms. The number of urea groups is 1. The molecule has 0 spiro atoms. The van der Waals surface area contributed by atoms with Crippen LogP contribution in [0, 0.1) is 0 Å². The zero-order valence-corrected chi connectivity index (χ0v) is 10.4. The quantitative estimate of drug-likeness (QED) is 0.850. The van der Waals surface area contributed by atoms with Crippen LogP contribution >= 0.6 is 0 Å². The van der Waals surface area contributed by atoms with Gasteiger partial charge in [-0.1, -0.05) is 30.3 Å². The molecule has 0 saturated carbocycles. The minimum absolute atomic E-state index is 0.0342. The zero-order valence-electron chi connectivity index (χ0n) is 10.4. The molecule has 1 aromatic carbocycles. The van der Waals surface area contributed by atoms with Crippen molar-refractivity contribution in [2.45, 2.75) is 12.6 Å². The molecule has 0 unspecified atom stereocenters. The van der Waals surface area contributed by atoms with Crippen LogP contribution in [0.25, 0.3) is 0 Å². The molecular formula is C13H19N3O. The second kappa shape index (κ2) is 5.19. The molecule has 0 radical (unpaired) electrons. The molecule has 1 fully saturated rings. The summed E-state index contributed by atoms with van der Waals surface area (Å²) >= 11 is 0. The van der Waals surface area contributed by atoms with Crippen molar-refractivity contribution in [1.29, 1.82) is 0 Å². The first-order chi connectivity index (χ1) is 8.16. The van der Waals surface area contributed by atoms with Crippen molar-refractivity contribution in [3.05, 3.63) is 35.9 Å². The van der Waals surface area contributed by atoms with E-state index in [1.165, 1.54) is 0 Å². The van der Waals surface area contributed by atoms with Gasteiger partial charge in [0.1, 0.15) is 0 Å². The monoisotopic (exact) mass is 233 g/mol. The maximum absolute atomic E-state index is 11.8. The van der Waals surface area contributed by atoms with Gasteiger partial charge in [0.2, 0.25) is 0 Å². The number of likely N-dealkylation sites (tertiary alicyclic amines) is 1. The van der Waals surface area contributed by atoms with E-state index >= 15 is 0 Å². The molecule has 1 saturated heterocycles. The van der Waals surface area contributed by atoms with E-state index < -0.39 is 0 Å². The summed E-state index contributed by atoms with van der Waals surface area (Å²) in [6.07, 6.45) is 0. The third kappa shape index (κ3) is 2.97. The average Bonchev–Trinajstić information content (AvgIpc) is 2.25. The van der Waals surface area contributed by atoms with E-state index in [-0.39, 0.29) is 6.03 Å². The predicted octanol–water partition coefficient (Wildman–Crippen LogP) is 1.14. The van der Waals surface area contributed by atoms with Gasteiger partial charge >= 0.3 is 6.03 Å². The second-order valence-electron chi connectivity index (χ2n) is 4.67. The van der Waals surface area contributed by atoms with Crippen molar-refractivity contribution in [3.8, 4) is 0 Å². The number of benzene rings is 1. The number of hydrogen-bond donors (Lipinski definition) is 1. The van der Waals surface area contributed by atoms with E-state index in [9.17, 15) is 4.79 Å². The summed E-state index contributed by atoms with van der Waals surface area (Å²) in [5.74, 6) is 0. The number of carbonyl (C=O) groups is 1. The average molecular weight is 233 g/mol. The molecule has 0 atom stereocenters. The molecule has 1 aliphatic rings. The highest BCUT2D eigenvalue weighted by Gasteiger charge is 2.31. The van der Waals surface area contributed by atoms with E-state index in [1.54, 1.807) is 0 Å². The van der Waals surface area contributed by atoms with Crippen molar-refractivity contribution < 1.29 is 4.79 Å².